The number of unbranched alkanes of at least 4 members (excludes halogenated alkanes) is 3. The monoisotopic (exact) mass is 496 g/mol. The molecule has 1 aromatic rings. The summed E-state index contributed by atoms with van der Waals surface area (Å²) < 4.78 is 5.83. The third-order valence-electron chi connectivity index (χ3n) is 5.68. The Balaban J connectivity index is 0.00000118. The summed E-state index contributed by atoms with van der Waals surface area (Å²) in [5.41, 5.74) is 12.8. The Labute approximate surface area is 219 Å². The van der Waals surface area contributed by atoms with Crippen molar-refractivity contribution in [3.63, 3.8) is 0 Å². The molecule has 0 aliphatic carbocycles. The summed E-state index contributed by atoms with van der Waals surface area (Å²) in [6, 6.07) is 8.47. The number of nitrogens with zero attached hydrogens (tertiary/aromatic N) is 4. The molecule has 1 unspecified atom stereocenters. The van der Waals surface area contributed by atoms with Gasteiger partial charge in [0.05, 0.1) is 12.3 Å². The number of hydrazone groups is 1. The van der Waals surface area contributed by atoms with Crippen molar-refractivity contribution in [1.82, 2.24) is 10.3 Å². The lowest BCUT2D eigenvalue weighted by atomic mass is 9.98. The highest BCUT2D eigenvalue weighted by atomic mass is 16.5. The first kappa shape index (κ1) is 31.1. The minimum Gasteiger partial charge on any atom is -0.464 e. The SMILES string of the molecule is CCCCC.CCCCOC1=NC(N(C)CCC)C=CC(N/N=C(C)/C(=C/N)c2ccccc2C)=N1. The first-order chi connectivity index (χ1) is 17.4. The second-order valence-electron chi connectivity index (χ2n) is 8.92. The van der Waals surface area contributed by atoms with Crippen LogP contribution in [0.1, 0.15) is 84.3 Å². The van der Waals surface area contributed by atoms with E-state index < -0.39 is 0 Å². The van der Waals surface area contributed by atoms with Gasteiger partial charge in [0, 0.05) is 11.8 Å². The van der Waals surface area contributed by atoms with E-state index in [4.69, 9.17) is 10.5 Å². The molecule has 200 valence electrons. The summed E-state index contributed by atoms with van der Waals surface area (Å²) in [6.07, 6.45) is 12.5. The molecule has 0 bridgehead atoms. The number of ether oxygens (including phenoxy) is 1. The molecule has 0 amide bonds. The van der Waals surface area contributed by atoms with Crippen molar-refractivity contribution >= 4 is 23.1 Å². The van der Waals surface area contributed by atoms with Crippen LogP contribution in [0.15, 0.2) is 57.7 Å². The van der Waals surface area contributed by atoms with Gasteiger partial charge in [0.2, 0.25) is 0 Å². The van der Waals surface area contributed by atoms with Gasteiger partial charge in [0.1, 0.15) is 6.17 Å². The average Bonchev–Trinajstić information content (AvgIpc) is 3.08. The van der Waals surface area contributed by atoms with Gasteiger partial charge >= 0.3 is 6.02 Å². The second-order valence-corrected chi connectivity index (χ2v) is 8.92. The lowest BCUT2D eigenvalue weighted by Crippen LogP contribution is -2.30. The van der Waals surface area contributed by atoms with E-state index >= 15 is 0 Å². The fraction of sp³-hybridized carbons (Fsp3) is 0.552. The Morgan fingerprint density at radius 3 is 2.39 bits per heavy atom. The molecule has 0 saturated carbocycles. The molecule has 2 rings (SSSR count). The lowest BCUT2D eigenvalue weighted by molar-refractivity contribution is 0.263. The standard InChI is InChI=1S/C24H36N6O.C5H12/c1-6-8-16-31-24-26-22(13-14-23(27-24)30(5)15-7-2)29-28-19(4)21(17-25)20-12-10-9-11-18(20)3;1-3-5-4-2/h9-14,17,23H,6-8,15-16,25H2,1-5H3,(H,26,27,29);3-5H2,1-2H3/b21-17-,28-19+;. The molecular weight excluding hydrogens is 448 g/mol. The molecule has 0 saturated heterocycles. The Hall–Kier alpha value is -2.93. The van der Waals surface area contributed by atoms with Crippen LogP contribution in [0.2, 0.25) is 0 Å². The van der Waals surface area contributed by atoms with E-state index in [1.807, 2.05) is 44.3 Å². The van der Waals surface area contributed by atoms with E-state index in [1.165, 1.54) is 19.3 Å². The Morgan fingerprint density at radius 1 is 1.11 bits per heavy atom. The molecule has 3 N–H and O–H groups in total. The van der Waals surface area contributed by atoms with Crippen LogP contribution in [0, 0.1) is 6.92 Å². The van der Waals surface area contributed by atoms with E-state index in [1.54, 1.807) is 6.20 Å². The number of allylic oxidation sites excluding steroid dienone is 1. The average molecular weight is 497 g/mol. The number of hydrogen-bond donors (Lipinski definition) is 2. The number of amidine groups is 2. The third-order valence-corrected chi connectivity index (χ3v) is 5.68. The highest BCUT2D eigenvalue weighted by molar-refractivity contribution is 6.23. The predicted octanol–water partition coefficient (Wildman–Crippen LogP) is 6.27. The van der Waals surface area contributed by atoms with Crippen LogP contribution < -0.4 is 11.2 Å². The van der Waals surface area contributed by atoms with Crippen molar-refractivity contribution < 1.29 is 4.74 Å². The van der Waals surface area contributed by atoms with Crippen LogP contribution in [0.3, 0.4) is 0 Å². The summed E-state index contributed by atoms with van der Waals surface area (Å²) in [6.45, 7) is 14.2. The molecule has 0 radical (unpaired) electrons. The van der Waals surface area contributed by atoms with Crippen LogP contribution >= 0.6 is 0 Å². The van der Waals surface area contributed by atoms with Crippen molar-refractivity contribution in [3.8, 4) is 0 Å². The van der Waals surface area contributed by atoms with E-state index in [9.17, 15) is 0 Å². The molecule has 1 aromatic carbocycles. The van der Waals surface area contributed by atoms with Crippen molar-refractivity contribution in [3.05, 3.63) is 53.7 Å². The van der Waals surface area contributed by atoms with Gasteiger partial charge < -0.3 is 10.5 Å². The maximum Gasteiger partial charge on any atom is 0.315 e. The van der Waals surface area contributed by atoms with E-state index in [0.29, 0.717) is 18.5 Å². The van der Waals surface area contributed by atoms with E-state index in [-0.39, 0.29) is 6.17 Å². The topological polar surface area (TPSA) is 87.6 Å². The molecule has 7 nitrogen and oxygen atoms in total. The predicted molar refractivity (Wildman–Crippen MR) is 156 cm³/mol. The molecular formula is C29H48N6O. The summed E-state index contributed by atoms with van der Waals surface area (Å²) in [5.74, 6) is 0.572. The fourth-order valence-corrected chi connectivity index (χ4v) is 3.51. The van der Waals surface area contributed by atoms with Crippen LogP contribution in [0.4, 0.5) is 0 Å². The quantitative estimate of drug-likeness (QED) is 0.215. The van der Waals surface area contributed by atoms with Crippen molar-refractivity contribution in [2.24, 2.45) is 20.8 Å². The largest absolute Gasteiger partial charge is 0.464 e. The van der Waals surface area contributed by atoms with Crippen LogP contribution in [0.5, 0.6) is 0 Å². The van der Waals surface area contributed by atoms with Gasteiger partial charge in [-0.25, -0.2) is 4.99 Å². The van der Waals surface area contributed by atoms with Crippen LogP contribution in [-0.4, -0.2) is 48.8 Å². The summed E-state index contributed by atoms with van der Waals surface area (Å²) in [4.78, 5) is 11.4. The summed E-state index contributed by atoms with van der Waals surface area (Å²) in [5, 5.41) is 4.53. The van der Waals surface area contributed by atoms with E-state index in [2.05, 4.69) is 66.1 Å². The zero-order valence-electron chi connectivity index (χ0n) is 23.6. The molecule has 0 spiro atoms. The Bertz CT molecular complexity index is 914. The molecule has 0 aromatic heterocycles. The third kappa shape index (κ3) is 11.2. The molecule has 36 heavy (non-hydrogen) atoms. The number of nitrogens with two attached hydrogens (primary N) is 1. The Morgan fingerprint density at radius 2 is 1.81 bits per heavy atom. The van der Waals surface area contributed by atoms with Crippen molar-refractivity contribution in [1.29, 1.82) is 0 Å². The number of likely N-dealkylation sites (N-methyl/N-ethyl adjacent to an activating group) is 1. The molecule has 1 atom stereocenters. The van der Waals surface area contributed by atoms with Crippen LogP contribution in [-0.2, 0) is 4.74 Å². The fourth-order valence-electron chi connectivity index (χ4n) is 3.51. The van der Waals surface area contributed by atoms with Crippen LogP contribution in [0.25, 0.3) is 5.57 Å². The van der Waals surface area contributed by atoms with E-state index in [0.717, 1.165) is 48.2 Å². The number of benzene rings is 1. The first-order valence-corrected chi connectivity index (χ1v) is 13.4. The van der Waals surface area contributed by atoms with Gasteiger partial charge in [0.25, 0.3) is 0 Å². The smallest absolute Gasteiger partial charge is 0.315 e. The minimum absolute atomic E-state index is 0.129. The van der Waals surface area contributed by atoms with Crippen molar-refractivity contribution in [2.75, 3.05) is 20.2 Å². The van der Waals surface area contributed by atoms with Gasteiger partial charge in [-0.1, -0.05) is 77.6 Å². The number of nitrogens with one attached hydrogen (secondary N) is 1. The maximum atomic E-state index is 5.92. The highest BCUT2D eigenvalue weighted by Gasteiger charge is 2.16. The first-order valence-electron chi connectivity index (χ1n) is 13.4. The minimum atomic E-state index is -0.129. The maximum absolute atomic E-state index is 5.92. The molecule has 1 aliphatic heterocycles. The number of aryl methyl sites for hydroxylation is 1. The number of hydrogen-bond acceptors (Lipinski definition) is 7. The number of aliphatic imine (C=N–C) groups is 2. The Kier molecular flexibility index (Phi) is 15.9. The zero-order valence-corrected chi connectivity index (χ0v) is 23.6. The second kappa shape index (κ2) is 18.4. The molecule has 1 heterocycles. The van der Waals surface area contributed by atoms with Gasteiger partial charge in [-0.05, 0) is 63.6 Å². The normalized spacial score (nSPS) is 16.1. The highest BCUT2D eigenvalue weighted by Crippen LogP contribution is 2.19. The molecule has 7 heteroatoms. The van der Waals surface area contributed by atoms with Crippen molar-refractivity contribution in [2.45, 2.75) is 86.2 Å². The summed E-state index contributed by atoms with van der Waals surface area (Å²) >= 11 is 0. The number of rotatable bonds is 11. The zero-order chi connectivity index (χ0) is 26.8. The summed E-state index contributed by atoms with van der Waals surface area (Å²) in [7, 11) is 2.05. The van der Waals surface area contributed by atoms with Gasteiger partial charge in [-0.15, -0.1) is 0 Å². The lowest BCUT2D eigenvalue weighted by Gasteiger charge is -2.21. The van der Waals surface area contributed by atoms with Gasteiger partial charge in [-0.2, -0.15) is 10.1 Å². The molecule has 1 aliphatic rings. The van der Waals surface area contributed by atoms with Gasteiger partial charge in [0.15, 0.2) is 5.84 Å². The molecule has 0 fully saturated rings. The van der Waals surface area contributed by atoms with Gasteiger partial charge in [-0.3, -0.25) is 10.3 Å².